The summed E-state index contributed by atoms with van der Waals surface area (Å²) in [6, 6.07) is 32.7. The maximum Gasteiger partial charge on any atom is 0.179 e. The number of anilines is 2. The first-order valence-electron chi connectivity index (χ1n) is 14.6. The summed E-state index contributed by atoms with van der Waals surface area (Å²) in [6.45, 7) is 8.78. The first kappa shape index (κ1) is 27.9. The average Bonchev–Trinajstić information content (AvgIpc) is 3.36. The van der Waals surface area contributed by atoms with Crippen LogP contribution < -0.4 is 15.0 Å². The van der Waals surface area contributed by atoms with Gasteiger partial charge in [0, 0.05) is 11.3 Å². The van der Waals surface area contributed by atoms with Gasteiger partial charge in [0.1, 0.15) is 5.75 Å². The third-order valence-corrected chi connectivity index (χ3v) is 8.44. The molecule has 2 aliphatic rings. The summed E-state index contributed by atoms with van der Waals surface area (Å²) in [4.78, 5) is 12.7. The van der Waals surface area contributed by atoms with Crippen LogP contribution in [0, 0.1) is 6.92 Å². The molecule has 0 spiro atoms. The van der Waals surface area contributed by atoms with E-state index in [9.17, 15) is 0 Å². The van der Waals surface area contributed by atoms with Crippen LogP contribution in [0.2, 0.25) is 5.02 Å². The fraction of sp³-hybridized carbons (Fsp3) is 0.194. The van der Waals surface area contributed by atoms with Crippen molar-refractivity contribution in [3.63, 3.8) is 0 Å². The second-order valence-electron chi connectivity index (χ2n) is 12.1. The number of rotatable bonds is 4. The highest BCUT2D eigenvalue weighted by Gasteiger charge is 2.41. The van der Waals surface area contributed by atoms with E-state index in [0.717, 1.165) is 45.4 Å². The standard InChI is InChI=1S/C36H33ClN6O/c1-22-31-32(23-15-17-24(18-16-23)36(2,3)4)42-29-14-10-9-13-28(29)39-33(38-25-19-20-30(44-5)27(37)21-25)35(42)40-34(31)43(41-22)26-11-7-6-8-12-26/h6-21,32H,1-5H3,(H,38,39)/t32-/m0/s1. The lowest BCUT2D eigenvalue weighted by Crippen LogP contribution is -2.46. The van der Waals surface area contributed by atoms with Crippen LogP contribution in [0.15, 0.2) is 107 Å². The van der Waals surface area contributed by atoms with Gasteiger partial charge in [-0.05, 0) is 65.9 Å². The molecule has 0 aliphatic carbocycles. The zero-order chi connectivity index (χ0) is 30.6. The molecule has 0 radical (unpaired) electrons. The lowest BCUT2D eigenvalue weighted by atomic mass is 9.85. The Hall–Kier alpha value is -4.88. The Bertz CT molecular complexity index is 1940. The van der Waals surface area contributed by atoms with Crippen molar-refractivity contribution in [1.82, 2.24) is 9.78 Å². The normalized spacial score (nSPS) is 15.5. The Morgan fingerprint density at radius 3 is 2.30 bits per heavy atom. The van der Waals surface area contributed by atoms with Crippen molar-refractivity contribution >= 4 is 46.2 Å². The van der Waals surface area contributed by atoms with E-state index in [4.69, 9.17) is 31.4 Å². The Kier molecular flexibility index (Phi) is 6.78. The minimum absolute atomic E-state index is 0.0398. The van der Waals surface area contributed by atoms with Gasteiger partial charge in [0.25, 0.3) is 0 Å². The SMILES string of the molecule is COc1ccc(NC2=Nc3ccccc3N3C2=Nc2c(c(C)nn2-c2ccccc2)[C@@H]3c2ccc(C(C)(C)C)cc2)cc1Cl. The Morgan fingerprint density at radius 2 is 1.59 bits per heavy atom. The predicted molar refractivity (Wildman–Crippen MR) is 180 cm³/mol. The Labute approximate surface area is 262 Å². The molecule has 1 atom stereocenters. The zero-order valence-corrected chi connectivity index (χ0v) is 26.1. The van der Waals surface area contributed by atoms with Gasteiger partial charge in [-0.2, -0.15) is 5.10 Å². The third-order valence-electron chi connectivity index (χ3n) is 8.15. The predicted octanol–water partition coefficient (Wildman–Crippen LogP) is 8.94. The quantitative estimate of drug-likeness (QED) is 0.224. The number of hydrogen-bond donors (Lipinski definition) is 1. The number of benzene rings is 4. The first-order chi connectivity index (χ1) is 21.2. The summed E-state index contributed by atoms with van der Waals surface area (Å²) in [5.41, 5.74) is 8.00. The number of nitrogens with zero attached hydrogens (tertiary/aromatic N) is 5. The van der Waals surface area contributed by atoms with E-state index in [0.29, 0.717) is 22.4 Å². The van der Waals surface area contributed by atoms with Crippen LogP contribution in [-0.2, 0) is 5.41 Å². The minimum atomic E-state index is -0.197. The number of para-hydroxylation sites is 3. The van der Waals surface area contributed by atoms with Crippen molar-refractivity contribution in [2.24, 2.45) is 9.98 Å². The molecule has 5 aromatic rings. The maximum atomic E-state index is 6.51. The molecule has 3 heterocycles. The van der Waals surface area contributed by atoms with Crippen LogP contribution in [0.3, 0.4) is 0 Å². The second kappa shape index (κ2) is 10.7. The largest absolute Gasteiger partial charge is 0.495 e. The molecule has 1 N–H and O–H groups in total. The molecule has 0 fully saturated rings. The van der Waals surface area contributed by atoms with Gasteiger partial charge in [0.2, 0.25) is 0 Å². The van der Waals surface area contributed by atoms with E-state index >= 15 is 0 Å². The average molecular weight is 601 g/mol. The van der Waals surface area contributed by atoms with Crippen LogP contribution >= 0.6 is 11.6 Å². The van der Waals surface area contributed by atoms with Gasteiger partial charge in [0.05, 0.1) is 40.9 Å². The van der Waals surface area contributed by atoms with Crippen molar-refractivity contribution in [1.29, 1.82) is 0 Å². The first-order valence-corrected chi connectivity index (χ1v) is 15.0. The topological polar surface area (TPSA) is 67.0 Å². The van der Waals surface area contributed by atoms with Crippen LogP contribution in [0.5, 0.6) is 5.75 Å². The second-order valence-corrected chi connectivity index (χ2v) is 12.5. The number of aromatic nitrogens is 2. The van der Waals surface area contributed by atoms with E-state index in [1.165, 1.54) is 5.56 Å². The summed E-state index contributed by atoms with van der Waals surface area (Å²) < 4.78 is 7.32. The molecule has 0 saturated heterocycles. The monoisotopic (exact) mass is 600 g/mol. The van der Waals surface area contributed by atoms with Crippen molar-refractivity contribution in [2.45, 2.75) is 39.2 Å². The molecule has 1 aromatic heterocycles. The highest BCUT2D eigenvalue weighted by Crippen LogP contribution is 2.48. The van der Waals surface area contributed by atoms with Gasteiger partial charge in [-0.25, -0.2) is 14.7 Å². The number of aryl methyl sites for hydroxylation is 1. The van der Waals surface area contributed by atoms with Crippen LogP contribution in [0.4, 0.5) is 22.9 Å². The highest BCUT2D eigenvalue weighted by molar-refractivity contribution is 6.51. The number of halogens is 1. The molecule has 4 aromatic carbocycles. The molecule has 220 valence electrons. The molecule has 8 heteroatoms. The lowest BCUT2D eigenvalue weighted by molar-refractivity contribution is 0.415. The van der Waals surface area contributed by atoms with Gasteiger partial charge in [-0.15, -0.1) is 0 Å². The van der Waals surface area contributed by atoms with Gasteiger partial charge in [-0.3, -0.25) is 0 Å². The van der Waals surface area contributed by atoms with E-state index in [1.54, 1.807) is 7.11 Å². The fourth-order valence-corrected chi connectivity index (χ4v) is 6.17. The summed E-state index contributed by atoms with van der Waals surface area (Å²) in [5, 5.41) is 9.07. The fourth-order valence-electron chi connectivity index (χ4n) is 5.91. The molecular weight excluding hydrogens is 568 g/mol. The number of fused-ring (bicyclic) bond motifs is 4. The van der Waals surface area contributed by atoms with E-state index in [-0.39, 0.29) is 11.5 Å². The third kappa shape index (κ3) is 4.74. The number of aliphatic imine (C=N–C) groups is 2. The van der Waals surface area contributed by atoms with Gasteiger partial charge in [0.15, 0.2) is 17.5 Å². The van der Waals surface area contributed by atoms with Crippen LogP contribution in [-0.4, -0.2) is 28.6 Å². The zero-order valence-electron chi connectivity index (χ0n) is 25.3. The van der Waals surface area contributed by atoms with E-state index in [1.807, 2.05) is 59.3 Å². The van der Waals surface area contributed by atoms with Gasteiger partial charge < -0.3 is 15.0 Å². The van der Waals surface area contributed by atoms with Gasteiger partial charge in [-0.1, -0.05) is 87.0 Å². The summed E-state index contributed by atoms with van der Waals surface area (Å²) in [6.07, 6.45) is 0. The summed E-state index contributed by atoms with van der Waals surface area (Å²) in [5.74, 6) is 2.71. The van der Waals surface area contributed by atoms with Crippen molar-refractivity contribution < 1.29 is 4.74 Å². The number of nitrogens with one attached hydrogen (secondary N) is 1. The highest BCUT2D eigenvalue weighted by atomic mass is 35.5. The molecule has 0 amide bonds. The Balaban J connectivity index is 1.46. The van der Waals surface area contributed by atoms with Crippen molar-refractivity contribution in [3.8, 4) is 11.4 Å². The molecule has 7 nitrogen and oxygen atoms in total. The minimum Gasteiger partial charge on any atom is -0.495 e. The Morgan fingerprint density at radius 1 is 0.864 bits per heavy atom. The maximum absolute atomic E-state index is 6.51. The molecule has 0 saturated carbocycles. The number of ether oxygens (including phenoxy) is 1. The number of methoxy groups -OCH3 is 1. The molecule has 2 aliphatic heterocycles. The van der Waals surface area contributed by atoms with Crippen molar-refractivity contribution in [3.05, 3.63) is 124 Å². The lowest BCUT2D eigenvalue weighted by Gasteiger charge is -2.40. The summed E-state index contributed by atoms with van der Waals surface area (Å²) in [7, 11) is 1.61. The van der Waals surface area contributed by atoms with Crippen LogP contribution in [0.1, 0.15) is 49.2 Å². The molecule has 0 bridgehead atoms. The molecule has 0 unspecified atom stereocenters. The number of hydrogen-bond acceptors (Lipinski definition) is 6. The molecular formula is C36H33ClN6O. The van der Waals surface area contributed by atoms with E-state index in [2.05, 4.69) is 80.4 Å². The van der Waals surface area contributed by atoms with Gasteiger partial charge >= 0.3 is 0 Å². The summed E-state index contributed by atoms with van der Waals surface area (Å²) >= 11 is 6.51. The van der Waals surface area contributed by atoms with E-state index < -0.39 is 0 Å². The van der Waals surface area contributed by atoms with Crippen LogP contribution in [0.25, 0.3) is 5.69 Å². The molecule has 44 heavy (non-hydrogen) atoms. The smallest absolute Gasteiger partial charge is 0.179 e. The molecule has 7 rings (SSSR count). The number of amidine groups is 2. The van der Waals surface area contributed by atoms with Crippen molar-refractivity contribution in [2.75, 3.05) is 17.3 Å².